The van der Waals surface area contributed by atoms with Crippen molar-refractivity contribution in [2.75, 3.05) is 0 Å². The van der Waals surface area contributed by atoms with Gasteiger partial charge in [0.25, 0.3) is 5.91 Å². The van der Waals surface area contributed by atoms with Gasteiger partial charge in [0, 0.05) is 36.1 Å². The number of amides is 1. The number of nitrogens with one attached hydrogen (secondary N) is 1. The first kappa shape index (κ1) is 20.7. The number of hydrogen-bond donors (Lipinski definition) is 1. The van der Waals surface area contributed by atoms with Gasteiger partial charge in [-0.25, -0.2) is 9.50 Å². The number of fused-ring (bicyclic) bond motifs is 1. The molecule has 0 saturated carbocycles. The highest BCUT2D eigenvalue weighted by atomic mass is 19.4. The Kier molecular flexibility index (Phi) is 5.05. The van der Waals surface area contributed by atoms with Crippen molar-refractivity contribution in [3.63, 3.8) is 0 Å². The van der Waals surface area contributed by atoms with E-state index in [2.05, 4.69) is 20.5 Å². The van der Waals surface area contributed by atoms with Crippen LogP contribution >= 0.6 is 0 Å². The van der Waals surface area contributed by atoms with E-state index in [1.54, 1.807) is 10.9 Å². The van der Waals surface area contributed by atoms with Crippen molar-refractivity contribution in [3.05, 3.63) is 46.7 Å². The quantitative estimate of drug-likeness (QED) is 0.649. The van der Waals surface area contributed by atoms with Crippen LogP contribution in [-0.2, 0) is 19.0 Å². The van der Waals surface area contributed by atoms with E-state index in [1.165, 1.54) is 6.92 Å². The number of carbonyl (C=O) groups is 1. The van der Waals surface area contributed by atoms with Crippen LogP contribution in [0.25, 0.3) is 5.65 Å². The maximum atomic E-state index is 13.9. The zero-order valence-corrected chi connectivity index (χ0v) is 15.7. The van der Waals surface area contributed by atoms with Crippen molar-refractivity contribution in [3.8, 4) is 0 Å². The number of alkyl halides is 5. The molecule has 3 heterocycles. The number of aromatic nitrogens is 5. The highest BCUT2D eigenvalue weighted by Gasteiger charge is 2.60. The Morgan fingerprint density at radius 3 is 2.45 bits per heavy atom. The lowest BCUT2D eigenvalue weighted by molar-refractivity contribution is -0.291. The van der Waals surface area contributed by atoms with Crippen molar-refractivity contribution in [2.24, 2.45) is 0 Å². The lowest BCUT2D eigenvalue weighted by atomic mass is 10.2. The Labute approximate surface area is 161 Å². The summed E-state index contributed by atoms with van der Waals surface area (Å²) in [5, 5.41) is 10.3. The summed E-state index contributed by atoms with van der Waals surface area (Å²) in [6.45, 7) is 5.74. The fourth-order valence-electron chi connectivity index (χ4n) is 2.82. The third-order valence-electron chi connectivity index (χ3n) is 4.41. The van der Waals surface area contributed by atoms with E-state index in [1.807, 2.05) is 13.8 Å². The lowest BCUT2D eigenvalue weighted by Crippen LogP contribution is -2.36. The molecule has 3 aromatic heterocycles. The molecular weight excluding hydrogens is 399 g/mol. The van der Waals surface area contributed by atoms with Crippen LogP contribution in [0.4, 0.5) is 22.0 Å². The van der Waals surface area contributed by atoms with Crippen molar-refractivity contribution >= 4 is 11.6 Å². The van der Waals surface area contributed by atoms with E-state index in [-0.39, 0.29) is 23.6 Å². The molecule has 3 rings (SSSR count). The number of aryl methyl sites for hydroxylation is 2. The number of halogens is 5. The summed E-state index contributed by atoms with van der Waals surface area (Å²) in [4.78, 5) is 16.3. The second kappa shape index (κ2) is 7.08. The SMILES string of the molecule is CCn1ncc(CNC(=O)c2cc3nc(C)cc(C(F)(F)C(F)(F)F)n3n2)c1C. The van der Waals surface area contributed by atoms with Gasteiger partial charge in [-0.3, -0.25) is 9.48 Å². The molecule has 0 aromatic carbocycles. The Morgan fingerprint density at radius 1 is 1.17 bits per heavy atom. The normalized spacial score (nSPS) is 12.6. The van der Waals surface area contributed by atoms with Crippen molar-refractivity contribution in [1.29, 1.82) is 0 Å². The Balaban J connectivity index is 1.92. The van der Waals surface area contributed by atoms with Gasteiger partial charge in [0.05, 0.1) is 6.20 Å². The Hall–Kier alpha value is -3.05. The predicted molar refractivity (Wildman–Crippen MR) is 91.5 cm³/mol. The van der Waals surface area contributed by atoms with Crippen molar-refractivity contribution in [1.82, 2.24) is 29.7 Å². The molecule has 0 unspecified atom stereocenters. The minimum absolute atomic E-state index is 0.0640. The van der Waals surface area contributed by atoms with Crippen molar-refractivity contribution in [2.45, 2.75) is 46.0 Å². The van der Waals surface area contributed by atoms with E-state index in [0.717, 1.165) is 17.3 Å². The number of rotatable bonds is 5. The van der Waals surface area contributed by atoms with Gasteiger partial charge in [-0.05, 0) is 26.8 Å². The topological polar surface area (TPSA) is 77.1 Å². The molecule has 1 N–H and O–H groups in total. The van der Waals surface area contributed by atoms with Crippen LogP contribution in [0.15, 0.2) is 18.3 Å². The molecule has 0 aliphatic rings. The number of hydrogen-bond acceptors (Lipinski definition) is 4. The molecule has 0 aliphatic carbocycles. The number of nitrogens with zero attached hydrogens (tertiary/aromatic N) is 5. The first-order chi connectivity index (χ1) is 13.5. The molecule has 1 amide bonds. The highest BCUT2D eigenvalue weighted by Crippen LogP contribution is 2.43. The van der Waals surface area contributed by atoms with Crippen LogP contribution in [0.3, 0.4) is 0 Å². The zero-order valence-electron chi connectivity index (χ0n) is 15.7. The molecule has 0 spiro atoms. The van der Waals surface area contributed by atoms with E-state index >= 15 is 0 Å². The second-order valence-corrected chi connectivity index (χ2v) is 6.41. The molecule has 0 atom stereocenters. The van der Waals surface area contributed by atoms with Crippen LogP contribution < -0.4 is 5.32 Å². The molecule has 0 aliphatic heterocycles. The van der Waals surface area contributed by atoms with Crippen LogP contribution in [0.5, 0.6) is 0 Å². The summed E-state index contributed by atoms with van der Waals surface area (Å²) < 4.78 is 68.4. The summed E-state index contributed by atoms with van der Waals surface area (Å²) in [7, 11) is 0. The molecule has 29 heavy (non-hydrogen) atoms. The average molecular weight is 416 g/mol. The van der Waals surface area contributed by atoms with Crippen LogP contribution in [0, 0.1) is 13.8 Å². The van der Waals surface area contributed by atoms with Crippen LogP contribution in [0.2, 0.25) is 0 Å². The van der Waals surface area contributed by atoms with Gasteiger partial charge < -0.3 is 5.32 Å². The Morgan fingerprint density at radius 2 is 1.86 bits per heavy atom. The molecule has 3 aromatic rings. The van der Waals surface area contributed by atoms with Gasteiger partial charge in [-0.1, -0.05) is 0 Å². The Bertz CT molecular complexity index is 1070. The molecule has 0 bridgehead atoms. The lowest BCUT2D eigenvalue weighted by Gasteiger charge is -2.20. The molecule has 0 saturated heterocycles. The third-order valence-corrected chi connectivity index (χ3v) is 4.41. The van der Waals surface area contributed by atoms with Gasteiger partial charge in [0.1, 0.15) is 5.69 Å². The molecular formula is C17H17F5N6O. The fraction of sp³-hybridized carbons (Fsp3) is 0.412. The fourth-order valence-corrected chi connectivity index (χ4v) is 2.82. The molecule has 7 nitrogen and oxygen atoms in total. The highest BCUT2D eigenvalue weighted by molar-refractivity contribution is 5.93. The van der Waals surface area contributed by atoms with E-state index in [0.29, 0.717) is 17.1 Å². The van der Waals surface area contributed by atoms with Crippen LogP contribution in [-0.4, -0.2) is 36.5 Å². The van der Waals surface area contributed by atoms with Gasteiger partial charge in [-0.15, -0.1) is 0 Å². The van der Waals surface area contributed by atoms with E-state index < -0.39 is 23.7 Å². The third kappa shape index (κ3) is 3.66. The van der Waals surface area contributed by atoms with Gasteiger partial charge in [0.2, 0.25) is 0 Å². The summed E-state index contributed by atoms with van der Waals surface area (Å²) in [6.07, 6.45) is -4.24. The first-order valence-corrected chi connectivity index (χ1v) is 8.57. The van der Waals surface area contributed by atoms with Gasteiger partial charge >= 0.3 is 12.1 Å². The zero-order chi connectivity index (χ0) is 21.6. The predicted octanol–water partition coefficient (Wildman–Crippen LogP) is 3.15. The van der Waals surface area contributed by atoms with Crippen molar-refractivity contribution < 1.29 is 26.7 Å². The van der Waals surface area contributed by atoms with Gasteiger partial charge in [-0.2, -0.15) is 32.1 Å². The minimum atomic E-state index is -5.82. The monoisotopic (exact) mass is 416 g/mol. The maximum Gasteiger partial charge on any atom is 0.459 e. The summed E-state index contributed by atoms with van der Waals surface area (Å²) in [5.74, 6) is -5.90. The van der Waals surface area contributed by atoms with Crippen LogP contribution in [0.1, 0.15) is 40.1 Å². The summed E-state index contributed by atoms with van der Waals surface area (Å²) in [5.41, 5.74) is -0.515. The maximum absolute atomic E-state index is 13.9. The second-order valence-electron chi connectivity index (χ2n) is 6.41. The first-order valence-electron chi connectivity index (χ1n) is 8.57. The van der Waals surface area contributed by atoms with Gasteiger partial charge in [0.15, 0.2) is 11.3 Å². The standard InChI is InChI=1S/C17H17F5N6O/c1-4-27-10(3)11(8-24-27)7-23-15(29)12-6-14-25-9(2)5-13(28(14)26-12)16(18,19)17(20,21)22/h5-6,8H,4,7H2,1-3H3,(H,23,29). The number of carbonyl (C=O) groups excluding carboxylic acids is 1. The summed E-state index contributed by atoms with van der Waals surface area (Å²) in [6, 6.07) is 1.65. The minimum Gasteiger partial charge on any atom is -0.346 e. The van der Waals surface area contributed by atoms with E-state index in [4.69, 9.17) is 0 Å². The smallest absolute Gasteiger partial charge is 0.346 e. The molecule has 156 valence electrons. The average Bonchev–Trinajstić information content (AvgIpc) is 3.21. The molecule has 12 heteroatoms. The summed E-state index contributed by atoms with van der Waals surface area (Å²) >= 11 is 0. The molecule has 0 radical (unpaired) electrons. The largest absolute Gasteiger partial charge is 0.459 e. The molecule has 0 fully saturated rings. The van der Waals surface area contributed by atoms with E-state index in [9.17, 15) is 26.7 Å².